The van der Waals surface area contributed by atoms with Crippen molar-refractivity contribution < 1.29 is 15.0 Å². The first-order valence-electron chi connectivity index (χ1n) is 8.75. The van der Waals surface area contributed by atoms with E-state index in [0.717, 1.165) is 38.0 Å². The number of aromatic hydroxyl groups is 1. The second-order valence-corrected chi connectivity index (χ2v) is 7.13. The first kappa shape index (κ1) is 17.2. The van der Waals surface area contributed by atoms with E-state index < -0.39 is 6.10 Å². The molecular formula is C18H27N3O3. The molecule has 3 atom stereocenters. The number of likely N-dealkylation sites (tertiary alicyclic amines) is 1. The Morgan fingerprint density at radius 2 is 2.04 bits per heavy atom. The zero-order valence-electron chi connectivity index (χ0n) is 13.9. The predicted molar refractivity (Wildman–Crippen MR) is 91.3 cm³/mol. The molecule has 0 aromatic heterocycles. The summed E-state index contributed by atoms with van der Waals surface area (Å²) in [5.74, 6) is 0.181. The summed E-state index contributed by atoms with van der Waals surface area (Å²) >= 11 is 0. The fourth-order valence-corrected chi connectivity index (χ4v) is 3.73. The Labute approximate surface area is 142 Å². The maximum absolute atomic E-state index is 12.3. The van der Waals surface area contributed by atoms with Crippen LogP contribution in [0.1, 0.15) is 31.2 Å². The molecule has 1 aromatic carbocycles. The topological polar surface area (TPSA) is 98.8 Å². The molecule has 0 spiro atoms. The van der Waals surface area contributed by atoms with Crippen molar-refractivity contribution in [3.8, 4) is 5.75 Å². The molecule has 1 saturated carbocycles. The van der Waals surface area contributed by atoms with E-state index in [-0.39, 0.29) is 23.9 Å². The number of carbonyl (C=O) groups is 1. The van der Waals surface area contributed by atoms with E-state index in [4.69, 9.17) is 5.73 Å². The maximum atomic E-state index is 12.3. The Morgan fingerprint density at radius 1 is 1.29 bits per heavy atom. The van der Waals surface area contributed by atoms with Crippen molar-refractivity contribution in [3.05, 3.63) is 29.8 Å². The van der Waals surface area contributed by atoms with Crippen LogP contribution in [-0.4, -0.2) is 52.3 Å². The zero-order valence-corrected chi connectivity index (χ0v) is 13.9. The molecule has 6 nitrogen and oxygen atoms in total. The molecule has 3 rings (SSSR count). The molecule has 5 N–H and O–H groups in total. The Bertz CT molecular complexity index is 562. The fraction of sp³-hybridized carbons (Fsp3) is 0.611. The molecule has 2 fully saturated rings. The van der Waals surface area contributed by atoms with Gasteiger partial charge in [0.1, 0.15) is 5.75 Å². The average Bonchev–Trinajstić information content (AvgIpc) is 2.89. The van der Waals surface area contributed by atoms with E-state index in [9.17, 15) is 15.0 Å². The Kier molecular flexibility index (Phi) is 5.38. The van der Waals surface area contributed by atoms with Gasteiger partial charge in [-0.3, -0.25) is 9.69 Å². The normalized spacial score (nSPS) is 28.8. The second kappa shape index (κ2) is 7.51. The number of hydrogen-bond acceptors (Lipinski definition) is 5. The zero-order chi connectivity index (χ0) is 17.1. The fourth-order valence-electron chi connectivity index (χ4n) is 3.73. The molecule has 2 aliphatic rings. The second-order valence-electron chi connectivity index (χ2n) is 7.13. The summed E-state index contributed by atoms with van der Waals surface area (Å²) in [7, 11) is 0. The van der Waals surface area contributed by atoms with Crippen molar-refractivity contribution in [1.82, 2.24) is 10.2 Å². The van der Waals surface area contributed by atoms with E-state index in [1.807, 2.05) is 12.1 Å². The highest BCUT2D eigenvalue weighted by Crippen LogP contribution is 2.25. The minimum Gasteiger partial charge on any atom is -0.508 e. The third-order valence-electron chi connectivity index (χ3n) is 5.20. The number of hydrogen-bond donors (Lipinski definition) is 4. The van der Waals surface area contributed by atoms with Gasteiger partial charge in [-0.2, -0.15) is 0 Å². The van der Waals surface area contributed by atoms with E-state index >= 15 is 0 Å². The van der Waals surface area contributed by atoms with Gasteiger partial charge < -0.3 is 21.3 Å². The molecule has 1 amide bonds. The largest absolute Gasteiger partial charge is 0.508 e. The van der Waals surface area contributed by atoms with Gasteiger partial charge in [0.25, 0.3) is 0 Å². The van der Waals surface area contributed by atoms with Crippen LogP contribution in [0.25, 0.3) is 0 Å². The van der Waals surface area contributed by atoms with Crippen LogP contribution in [0.5, 0.6) is 5.75 Å². The molecule has 1 aliphatic carbocycles. The summed E-state index contributed by atoms with van der Waals surface area (Å²) in [6.45, 7) is 2.67. The number of aliphatic hydroxyl groups excluding tert-OH is 1. The van der Waals surface area contributed by atoms with Crippen LogP contribution in [0.3, 0.4) is 0 Å². The van der Waals surface area contributed by atoms with Crippen molar-refractivity contribution in [3.63, 3.8) is 0 Å². The van der Waals surface area contributed by atoms with Gasteiger partial charge in [-0.05, 0) is 43.4 Å². The van der Waals surface area contributed by atoms with Crippen molar-refractivity contribution in [2.75, 3.05) is 13.1 Å². The number of phenolic OH excluding ortho intramolecular Hbond substituents is 1. The molecule has 0 unspecified atom stereocenters. The minimum atomic E-state index is -0.551. The van der Waals surface area contributed by atoms with E-state index in [2.05, 4.69) is 10.2 Å². The van der Waals surface area contributed by atoms with Gasteiger partial charge in [0.2, 0.25) is 5.91 Å². The Balaban J connectivity index is 1.43. The van der Waals surface area contributed by atoms with Gasteiger partial charge in [0, 0.05) is 37.6 Å². The number of rotatable bonds is 4. The van der Waals surface area contributed by atoms with Gasteiger partial charge in [0.15, 0.2) is 0 Å². The van der Waals surface area contributed by atoms with E-state index in [0.29, 0.717) is 18.6 Å². The SMILES string of the molecule is N[C@@H]1C[C@H](C(=O)NC2CCN(Cc3cccc(O)c3)CC2)C[C@H]1O. The van der Waals surface area contributed by atoms with Crippen LogP contribution in [-0.2, 0) is 11.3 Å². The monoisotopic (exact) mass is 333 g/mol. The molecule has 1 saturated heterocycles. The van der Waals surface area contributed by atoms with Gasteiger partial charge in [-0.15, -0.1) is 0 Å². The molecule has 0 bridgehead atoms. The van der Waals surface area contributed by atoms with Crippen LogP contribution < -0.4 is 11.1 Å². The first-order chi connectivity index (χ1) is 11.5. The number of nitrogens with zero attached hydrogens (tertiary/aromatic N) is 1. The molecular weight excluding hydrogens is 306 g/mol. The summed E-state index contributed by atoms with van der Waals surface area (Å²) in [6, 6.07) is 7.28. The molecule has 24 heavy (non-hydrogen) atoms. The predicted octanol–water partition coefficient (Wildman–Crippen LogP) is 0.571. The van der Waals surface area contributed by atoms with Crippen LogP contribution in [0, 0.1) is 5.92 Å². The Morgan fingerprint density at radius 3 is 2.67 bits per heavy atom. The highest BCUT2D eigenvalue weighted by atomic mass is 16.3. The summed E-state index contributed by atoms with van der Waals surface area (Å²) in [5, 5.41) is 22.3. The van der Waals surface area contributed by atoms with Crippen molar-refractivity contribution in [1.29, 1.82) is 0 Å². The molecule has 0 radical (unpaired) electrons. The van der Waals surface area contributed by atoms with Crippen LogP contribution in [0.2, 0.25) is 0 Å². The number of nitrogens with two attached hydrogens (primary N) is 1. The average molecular weight is 333 g/mol. The number of carbonyl (C=O) groups excluding carboxylic acids is 1. The lowest BCUT2D eigenvalue weighted by Gasteiger charge is -2.32. The lowest BCUT2D eigenvalue weighted by Crippen LogP contribution is -2.46. The standard InChI is InChI=1S/C18H27N3O3/c19-16-9-13(10-17(16)23)18(24)20-14-4-6-21(7-5-14)11-12-2-1-3-15(22)8-12/h1-3,8,13-14,16-17,22-23H,4-7,9-11,19H2,(H,20,24)/t13-,16+,17+/m0/s1. The molecule has 1 aromatic rings. The van der Waals surface area contributed by atoms with Crippen LogP contribution >= 0.6 is 0 Å². The van der Waals surface area contributed by atoms with Gasteiger partial charge in [0.05, 0.1) is 6.10 Å². The number of nitrogens with one attached hydrogen (secondary N) is 1. The highest BCUT2D eigenvalue weighted by molar-refractivity contribution is 5.79. The third kappa shape index (κ3) is 4.26. The molecule has 6 heteroatoms. The van der Waals surface area contributed by atoms with Crippen LogP contribution in [0.4, 0.5) is 0 Å². The number of piperidine rings is 1. The van der Waals surface area contributed by atoms with Gasteiger partial charge in [-0.1, -0.05) is 12.1 Å². The number of aliphatic hydroxyl groups is 1. The quantitative estimate of drug-likeness (QED) is 0.646. The molecule has 132 valence electrons. The number of benzene rings is 1. The lowest BCUT2D eigenvalue weighted by atomic mass is 10.0. The lowest BCUT2D eigenvalue weighted by molar-refractivity contribution is -0.126. The maximum Gasteiger partial charge on any atom is 0.223 e. The van der Waals surface area contributed by atoms with Crippen molar-refractivity contribution >= 4 is 5.91 Å². The van der Waals surface area contributed by atoms with Crippen molar-refractivity contribution in [2.24, 2.45) is 11.7 Å². The summed E-state index contributed by atoms with van der Waals surface area (Å²) in [5.41, 5.74) is 6.89. The summed E-state index contributed by atoms with van der Waals surface area (Å²) in [4.78, 5) is 14.6. The van der Waals surface area contributed by atoms with Gasteiger partial charge >= 0.3 is 0 Å². The highest BCUT2D eigenvalue weighted by Gasteiger charge is 2.35. The smallest absolute Gasteiger partial charge is 0.223 e. The van der Waals surface area contributed by atoms with Crippen LogP contribution in [0.15, 0.2) is 24.3 Å². The number of phenols is 1. The van der Waals surface area contributed by atoms with Gasteiger partial charge in [-0.25, -0.2) is 0 Å². The summed E-state index contributed by atoms with van der Waals surface area (Å²) < 4.78 is 0. The minimum absolute atomic E-state index is 0.0356. The number of amides is 1. The molecule has 1 heterocycles. The Hall–Kier alpha value is -1.63. The third-order valence-corrected chi connectivity index (χ3v) is 5.20. The molecule has 1 aliphatic heterocycles. The van der Waals surface area contributed by atoms with Crippen molar-refractivity contribution in [2.45, 2.75) is 50.4 Å². The first-order valence-corrected chi connectivity index (χ1v) is 8.75. The van der Waals surface area contributed by atoms with E-state index in [1.54, 1.807) is 12.1 Å². The summed E-state index contributed by atoms with van der Waals surface area (Å²) in [6.07, 6.45) is 2.34. The van der Waals surface area contributed by atoms with E-state index in [1.165, 1.54) is 0 Å².